The molecule has 1 aliphatic rings. The summed E-state index contributed by atoms with van der Waals surface area (Å²) in [4.78, 5) is 10.5. The Labute approximate surface area is 105 Å². The first-order chi connectivity index (χ1) is 8.57. The minimum absolute atomic E-state index is 0.0987. The number of nitrogens with zero attached hydrogens (tertiary/aromatic N) is 2. The smallest absolute Gasteiger partial charge is 0.269 e. The average Bonchev–Trinajstić information content (AvgIpc) is 2.72. The number of hydrogen-bond acceptors (Lipinski definition) is 6. The molecule has 0 aliphatic carbocycles. The first-order valence-electron chi connectivity index (χ1n) is 5.69. The van der Waals surface area contributed by atoms with Crippen LogP contribution in [0.5, 0.6) is 0 Å². The van der Waals surface area contributed by atoms with E-state index in [1.165, 1.54) is 6.07 Å². The van der Waals surface area contributed by atoms with Crippen molar-refractivity contribution in [3.8, 4) is 0 Å². The number of benzene rings is 1. The third kappa shape index (κ3) is 1.72. The fraction of sp³-hybridized carbons (Fsp3) is 0.455. The molecule has 0 radical (unpaired) electrons. The molecule has 1 aliphatic heterocycles. The Morgan fingerprint density at radius 3 is 2.50 bits per heavy atom. The lowest BCUT2D eigenvalue weighted by atomic mass is 10.0. The SMILES string of the molecule is CNN1CC(NC)(NC)c2cc([N+](=O)[O-])ccc21. The second-order valence-electron chi connectivity index (χ2n) is 4.17. The van der Waals surface area contributed by atoms with Gasteiger partial charge in [0, 0.05) is 24.7 Å². The Balaban J connectivity index is 2.57. The number of nitrogens with one attached hydrogen (secondary N) is 3. The number of hydrogen-bond donors (Lipinski definition) is 3. The Morgan fingerprint density at radius 2 is 2.00 bits per heavy atom. The van der Waals surface area contributed by atoms with Crippen molar-refractivity contribution >= 4 is 11.4 Å². The zero-order valence-electron chi connectivity index (χ0n) is 10.7. The highest BCUT2D eigenvalue weighted by Gasteiger charge is 2.41. The zero-order chi connectivity index (χ0) is 13.3. The van der Waals surface area contributed by atoms with Crippen molar-refractivity contribution in [2.75, 3.05) is 32.7 Å². The van der Waals surface area contributed by atoms with Crippen LogP contribution in [0.3, 0.4) is 0 Å². The molecule has 0 atom stereocenters. The molecule has 3 N–H and O–H groups in total. The molecule has 1 heterocycles. The van der Waals surface area contributed by atoms with Crippen LogP contribution >= 0.6 is 0 Å². The topological polar surface area (TPSA) is 82.5 Å². The molecule has 0 fully saturated rings. The number of anilines is 1. The molecule has 0 bridgehead atoms. The average molecular weight is 251 g/mol. The molecule has 0 amide bonds. The number of nitro benzene ring substituents is 1. The lowest BCUT2D eigenvalue weighted by molar-refractivity contribution is -0.384. The van der Waals surface area contributed by atoms with Crippen LogP contribution in [-0.4, -0.2) is 32.6 Å². The van der Waals surface area contributed by atoms with E-state index in [1.54, 1.807) is 12.1 Å². The van der Waals surface area contributed by atoms with Crippen molar-refractivity contribution in [2.24, 2.45) is 0 Å². The van der Waals surface area contributed by atoms with Gasteiger partial charge in [-0.2, -0.15) is 0 Å². The van der Waals surface area contributed by atoms with Crippen LogP contribution in [0.15, 0.2) is 18.2 Å². The number of rotatable bonds is 4. The van der Waals surface area contributed by atoms with Gasteiger partial charge in [0.25, 0.3) is 5.69 Å². The van der Waals surface area contributed by atoms with Crippen LogP contribution in [0.4, 0.5) is 11.4 Å². The van der Waals surface area contributed by atoms with Gasteiger partial charge in [0.2, 0.25) is 0 Å². The summed E-state index contributed by atoms with van der Waals surface area (Å²) in [5, 5.41) is 19.2. The van der Waals surface area contributed by atoms with Gasteiger partial charge in [-0.25, -0.2) is 5.43 Å². The van der Waals surface area contributed by atoms with E-state index in [0.717, 1.165) is 11.3 Å². The van der Waals surface area contributed by atoms with E-state index in [-0.39, 0.29) is 10.6 Å². The van der Waals surface area contributed by atoms with Gasteiger partial charge in [-0.05, 0) is 20.2 Å². The van der Waals surface area contributed by atoms with Crippen LogP contribution in [0, 0.1) is 10.1 Å². The molecule has 2 rings (SSSR count). The molecule has 0 saturated heterocycles. The highest BCUT2D eigenvalue weighted by Crippen LogP contribution is 2.38. The summed E-state index contributed by atoms with van der Waals surface area (Å²) in [5.41, 5.74) is 4.50. The molecule has 7 heteroatoms. The molecule has 1 aromatic carbocycles. The zero-order valence-corrected chi connectivity index (χ0v) is 10.7. The Morgan fingerprint density at radius 1 is 1.33 bits per heavy atom. The van der Waals surface area contributed by atoms with Crippen molar-refractivity contribution in [1.29, 1.82) is 0 Å². The van der Waals surface area contributed by atoms with Crippen molar-refractivity contribution in [2.45, 2.75) is 5.66 Å². The molecule has 7 nitrogen and oxygen atoms in total. The molecular formula is C11H17N5O2. The van der Waals surface area contributed by atoms with Gasteiger partial charge in [0.1, 0.15) is 5.66 Å². The van der Waals surface area contributed by atoms with Crippen molar-refractivity contribution in [1.82, 2.24) is 16.1 Å². The molecule has 0 saturated carbocycles. The third-order valence-electron chi connectivity index (χ3n) is 3.46. The third-order valence-corrected chi connectivity index (χ3v) is 3.46. The highest BCUT2D eigenvalue weighted by molar-refractivity contribution is 5.64. The Kier molecular flexibility index (Phi) is 3.20. The normalized spacial score (nSPS) is 16.7. The van der Waals surface area contributed by atoms with Crippen LogP contribution in [0.2, 0.25) is 0 Å². The van der Waals surface area contributed by atoms with E-state index in [4.69, 9.17) is 0 Å². The molecule has 0 aromatic heterocycles. The van der Waals surface area contributed by atoms with E-state index >= 15 is 0 Å². The van der Waals surface area contributed by atoms with Crippen LogP contribution in [-0.2, 0) is 5.66 Å². The highest BCUT2D eigenvalue weighted by atomic mass is 16.6. The van der Waals surface area contributed by atoms with E-state index < -0.39 is 5.66 Å². The fourth-order valence-electron chi connectivity index (χ4n) is 2.37. The standard InChI is InChI=1S/C11H17N5O2/c1-12-11(13-2)7-15(14-3)10-5-4-8(16(17)18)6-9(10)11/h4-6,12-14H,7H2,1-3H3. The van der Waals surface area contributed by atoms with E-state index in [2.05, 4.69) is 16.1 Å². The number of nitro groups is 1. The summed E-state index contributed by atoms with van der Waals surface area (Å²) >= 11 is 0. The van der Waals surface area contributed by atoms with E-state index in [0.29, 0.717) is 6.54 Å². The summed E-state index contributed by atoms with van der Waals surface area (Å²) in [6.07, 6.45) is 0. The summed E-state index contributed by atoms with van der Waals surface area (Å²) in [6, 6.07) is 4.89. The molecular weight excluding hydrogens is 234 g/mol. The van der Waals surface area contributed by atoms with Crippen LogP contribution < -0.4 is 21.1 Å². The lowest BCUT2D eigenvalue weighted by Gasteiger charge is -2.29. The van der Waals surface area contributed by atoms with Crippen LogP contribution in [0.25, 0.3) is 0 Å². The van der Waals surface area contributed by atoms with Gasteiger partial charge in [-0.1, -0.05) is 0 Å². The fourth-order valence-corrected chi connectivity index (χ4v) is 2.37. The van der Waals surface area contributed by atoms with Crippen LogP contribution in [0.1, 0.15) is 5.56 Å². The first kappa shape index (κ1) is 12.7. The van der Waals surface area contributed by atoms with Gasteiger partial charge in [0.15, 0.2) is 0 Å². The van der Waals surface area contributed by atoms with E-state index in [1.807, 2.05) is 26.2 Å². The Bertz CT molecular complexity index is 473. The maximum Gasteiger partial charge on any atom is 0.269 e. The van der Waals surface area contributed by atoms with Gasteiger partial charge < -0.3 is 5.01 Å². The Hall–Kier alpha value is -1.70. The molecule has 1 aromatic rings. The molecule has 0 spiro atoms. The van der Waals surface area contributed by atoms with Crippen molar-refractivity contribution < 1.29 is 4.92 Å². The largest absolute Gasteiger partial charge is 0.305 e. The second-order valence-corrected chi connectivity index (χ2v) is 4.17. The van der Waals surface area contributed by atoms with Gasteiger partial charge in [-0.15, -0.1) is 0 Å². The summed E-state index contributed by atoms with van der Waals surface area (Å²) in [6.45, 7) is 0.646. The summed E-state index contributed by atoms with van der Waals surface area (Å²) < 4.78 is 0. The van der Waals surface area contributed by atoms with Crippen molar-refractivity contribution in [3.63, 3.8) is 0 Å². The minimum atomic E-state index is -0.482. The maximum atomic E-state index is 10.9. The first-order valence-corrected chi connectivity index (χ1v) is 5.69. The van der Waals surface area contributed by atoms with Gasteiger partial charge >= 0.3 is 0 Å². The minimum Gasteiger partial charge on any atom is -0.305 e. The second kappa shape index (κ2) is 4.52. The number of likely N-dealkylation sites (N-methyl/N-ethyl adjacent to an activating group) is 2. The number of fused-ring (bicyclic) bond motifs is 1. The molecule has 0 unspecified atom stereocenters. The predicted molar refractivity (Wildman–Crippen MR) is 69.3 cm³/mol. The summed E-state index contributed by atoms with van der Waals surface area (Å²) in [5.74, 6) is 0. The lowest BCUT2D eigenvalue weighted by Crippen LogP contribution is -2.55. The maximum absolute atomic E-state index is 10.9. The monoisotopic (exact) mass is 251 g/mol. The van der Waals surface area contributed by atoms with Crippen molar-refractivity contribution in [3.05, 3.63) is 33.9 Å². The number of hydrazine groups is 1. The predicted octanol–water partition coefficient (Wildman–Crippen LogP) is 0.141. The van der Waals surface area contributed by atoms with Gasteiger partial charge in [0.05, 0.1) is 17.2 Å². The summed E-state index contributed by atoms with van der Waals surface area (Å²) in [7, 11) is 5.49. The van der Waals surface area contributed by atoms with E-state index in [9.17, 15) is 10.1 Å². The van der Waals surface area contributed by atoms with Gasteiger partial charge in [-0.3, -0.25) is 20.7 Å². The quantitative estimate of drug-likeness (QED) is 0.401. The molecule has 98 valence electrons. The number of non-ortho nitro benzene ring substituents is 1. The molecule has 18 heavy (non-hydrogen) atoms.